The molecular weight excluding hydrogens is 276 g/mol. The van der Waals surface area contributed by atoms with Gasteiger partial charge in [-0.1, -0.05) is 13.8 Å². The van der Waals surface area contributed by atoms with E-state index >= 15 is 0 Å². The van der Waals surface area contributed by atoms with Gasteiger partial charge < -0.3 is 15.4 Å². The molecule has 2 N–H and O–H groups in total. The molecule has 1 atom stereocenters. The molecule has 118 valence electrons. The average Bonchev–Trinajstić information content (AvgIpc) is 2.32. The van der Waals surface area contributed by atoms with Gasteiger partial charge >= 0.3 is 0 Å². The monoisotopic (exact) mass is 304 g/mol. The second-order valence-corrected chi connectivity index (χ2v) is 7.56. The molecule has 0 radical (unpaired) electrons. The average molecular weight is 304 g/mol. The summed E-state index contributed by atoms with van der Waals surface area (Å²) in [5.74, 6) is -0.0367. The lowest BCUT2D eigenvalue weighted by atomic mass is 9.98. The van der Waals surface area contributed by atoms with Crippen LogP contribution >= 0.6 is 12.6 Å². The van der Waals surface area contributed by atoms with Gasteiger partial charge in [0, 0.05) is 16.7 Å². The molecule has 0 bridgehead atoms. The molecule has 1 unspecified atom stereocenters. The van der Waals surface area contributed by atoms with Crippen LogP contribution in [-0.2, 0) is 14.3 Å². The van der Waals surface area contributed by atoms with Crippen LogP contribution in [0.5, 0.6) is 0 Å². The number of amides is 1. The van der Waals surface area contributed by atoms with E-state index in [9.17, 15) is 9.59 Å². The number of carbonyl (C=O) groups is 2. The Balaban J connectivity index is 4.34. The molecule has 0 aromatic rings. The third-order valence-corrected chi connectivity index (χ3v) is 3.31. The van der Waals surface area contributed by atoms with Gasteiger partial charge in [-0.15, -0.1) is 0 Å². The second-order valence-electron chi connectivity index (χ2n) is 6.34. The highest BCUT2D eigenvalue weighted by atomic mass is 32.1. The predicted molar refractivity (Wildman–Crippen MR) is 84.0 cm³/mol. The highest BCUT2D eigenvalue weighted by Crippen LogP contribution is 2.19. The normalized spacial score (nSPS) is 13.7. The molecule has 0 aliphatic carbocycles. The van der Waals surface area contributed by atoms with Gasteiger partial charge in [-0.3, -0.25) is 9.59 Å². The van der Waals surface area contributed by atoms with Crippen molar-refractivity contribution in [1.82, 2.24) is 10.6 Å². The van der Waals surface area contributed by atoms with Crippen LogP contribution < -0.4 is 10.6 Å². The highest BCUT2D eigenvalue weighted by Gasteiger charge is 2.23. The third kappa shape index (κ3) is 10.1. The molecule has 0 saturated carbocycles. The number of hydrogen-bond donors (Lipinski definition) is 3. The Hall–Kier alpha value is -0.750. The van der Waals surface area contributed by atoms with Gasteiger partial charge in [-0.05, 0) is 33.7 Å². The largest absolute Gasteiger partial charge is 0.466 e. The number of hydrogen-bond acceptors (Lipinski definition) is 5. The molecular formula is C14H28N2O3S. The summed E-state index contributed by atoms with van der Waals surface area (Å²) in [5, 5.41) is 6.06. The predicted octanol–water partition coefficient (Wildman–Crippen LogP) is 1.52. The van der Waals surface area contributed by atoms with E-state index in [-0.39, 0.29) is 28.8 Å². The first kappa shape index (κ1) is 19.2. The van der Waals surface area contributed by atoms with Crippen LogP contribution in [0.2, 0.25) is 0 Å². The van der Waals surface area contributed by atoms with E-state index in [1.54, 1.807) is 0 Å². The summed E-state index contributed by atoms with van der Waals surface area (Å²) in [6.45, 7) is 8.58. The molecule has 0 aromatic heterocycles. The first-order valence-electron chi connectivity index (χ1n) is 6.85. The summed E-state index contributed by atoms with van der Waals surface area (Å²) in [5.41, 5.74) is -0.0745. The van der Waals surface area contributed by atoms with Crippen molar-refractivity contribution in [3.8, 4) is 0 Å². The van der Waals surface area contributed by atoms with E-state index in [4.69, 9.17) is 4.74 Å². The Morgan fingerprint density at radius 1 is 1.35 bits per heavy atom. The molecule has 20 heavy (non-hydrogen) atoms. The van der Waals surface area contributed by atoms with Gasteiger partial charge in [0.25, 0.3) is 6.47 Å². The third-order valence-electron chi connectivity index (χ3n) is 3.13. The number of thiol groups is 1. The number of carbonyl (C=O) groups excluding carboxylic acids is 2. The summed E-state index contributed by atoms with van der Waals surface area (Å²) in [6.07, 6.45) is 1.80. The fraction of sp³-hybridized carbons (Fsp3) is 0.857. The minimum atomic E-state index is -0.242. The summed E-state index contributed by atoms with van der Waals surface area (Å²) in [6, 6.07) is -0.210. The van der Waals surface area contributed by atoms with Crippen LogP contribution in [0.25, 0.3) is 0 Å². The van der Waals surface area contributed by atoms with Crippen molar-refractivity contribution >= 4 is 25.0 Å². The molecule has 0 aliphatic heterocycles. The van der Waals surface area contributed by atoms with Crippen molar-refractivity contribution in [3.05, 3.63) is 0 Å². The van der Waals surface area contributed by atoms with Crippen molar-refractivity contribution < 1.29 is 14.3 Å². The maximum absolute atomic E-state index is 12.0. The van der Waals surface area contributed by atoms with E-state index < -0.39 is 0 Å². The van der Waals surface area contributed by atoms with Crippen molar-refractivity contribution in [2.45, 2.75) is 63.3 Å². The van der Waals surface area contributed by atoms with Gasteiger partial charge in [0.1, 0.15) is 6.61 Å². The van der Waals surface area contributed by atoms with Crippen LogP contribution in [0.3, 0.4) is 0 Å². The minimum Gasteiger partial charge on any atom is -0.466 e. The van der Waals surface area contributed by atoms with E-state index in [1.807, 2.05) is 34.7 Å². The van der Waals surface area contributed by atoms with Gasteiger partial charge in [0.2, 0.25) is 5.91 Å². The molecule has 0 aliphatic rings. The molecule has 5 nitrogen and oxygen atoms in total. The van der Waals surface area contributed by atoms with Crippen LogP contribution in [-0.4, -0.2) is 42.4 Å². The summed E-state index contributed by atoms with van der Waals surface area (Å²) in [7, 11) is 1.88. The smallest absolute Gasteiger partial charge is 0.293 e. The molecule has 6 heteroatoms. The first-order valence-corrected chi connectivity index (χ1v) is 7.30. The summed E-state index contributed by atoms with van der Waals surface area (Å²) < 4.78 is 4.53. The molecule has 0 spiro atoms. The maximum Gasteiger partial charge on any atom is 0.293 e. The number of ether oxygens (including phenoxy) is 1. The lowest BCUT2D eigenvalue weighted by molar-refractivity contribution is -0.131. The molecule has 0 aromatic carbocycles. The van der Waals surface area contributed by atoms with Crippen molar-refractivity contribution in [1.29, 1.82) is 0 Å². The van der Waals surface area contributed by atoms with E-state index in [0.29, 0.717) is 19.3 Å². The van der Waals surface area contributed by atoms with Gasteiger partial charge in [-0.2, -0.15) is 12.6 Å². The van der Waals surface area contributed by atoms with E-state index in [1.165, 1.54) is 0 Å². The standard InChI is InChI=1S/C14H28N2O3S/c1-13(2,15-5)7-6-12(18)16-11(9-19-10-17)8-14(3,4)20/h10-11,15,20H,6-9H2,1-5H3,(H,16,18). The second kappa shape index (κ2) is 8.52. The van der Waals surface area contributed by atoms with Crippen molar-refractivity contribution in [2.75, 3.05) is 13.7 Å². The Morgan fingerprint density at radius 3 is 2.40 bits per heavy atom. The first-order chi connectivity index (χ1) is 9.09. The Kier molecular flexibility index (Phi) is 8.20. The van der Waals surface area contributed by atoms with Gasteiger partial charge in [-0.25, -0.2) is 0 Å². The zero-order valence-electron chi connectivity index (χ0n) is 13.2. The molecule has 0 fully saturated rings. The van der Waals surface area contributed by atoms with E-state index in [0.717, 1.165) is 6.42 Å². The summed E-state index contributed by atoms with van der Waals surface area (Å²) in [4.78, 5) is 22.3. The highest BCUT2D eigenvalue weighted by molar-refractivity contribution is 7.81. The molecule has 1 amide bonds. The molecule has 0 rings (SSSR count). The zero-order valence-corrected chi connectivity index (χ0v) is 14.0. The van der Waals surface area contributed by atoms with Crippen molar-refractivity contribution in [2.24, 2.45) is 0 Å². The van der Waals surface area contributed by atoms with E-state index in [2.05, 4.69) is 23.3 Å². The SMILES string of the molecule is CNC(C)(C)CCC(=O)NC(COC=O)CC(C)(C)S. The van der Waals surface area contributed by atoms with Crippen LogP contribution in [0.4, 0.5) is 0 Å². The Labute approximate surface area is 127 Å². The topological polar surface area (TPSA) is 67.4 Å². The molecule has 0 saturated heterocycles. The molecule has 0 heterocycles. The minimum absolute atomic E-state index is 0.0367. The summed E-state index contributed by atoms with van der Waals surface area (Å²) >= 11 is 4.45. The van der Waals surface area contributed by atoms with Crippen LogP contribution in [0, 0.1) is 0 Å². The number of nitrogens with one attached hydrogen (secondary N) is 2. The zero-order chi connectivity index (χ0) is 15.8. The van der Waals surface area contributed by atoms with Gasteiger partial charge in [0.05, 0.1) is 6.04 Å². The maximum atomic E-state index is 12.0. The van der Waals surface area contributed by atoms with Crippen molar-refractivity contribution in [3.63, 3.8) is 0 Å². The lowest BCUT2D eigenvalue weighted by Crippen LogP contribution is -2.43. The van der Waals surface area contributed by atoms with Gasteiger partial charge in [0.15, 0.2) is 0 Å². The van der Waals surface area contributed by atoms with Crippen LogP contribution in [0.1, 0.15) is 47.0 Å². The number of rotatable bonds is 10. The quantitative estimate of drug-likeness (QED) is 0.423. The fourth-order valence-corrected chi connectivity index (χ4v) is 1.98. The lowest BCUT2D eigenvalue weighted by Gasteiger charge is -2.27. The van der Waals surface area contributed by atoms with Crippen LogP contribution in [0.15, 0.2) is 0 Å². The Bertz CT molecular complexity index is 314. The fourth-order valence-electron chi connectivity index (χ4n) is 1.76. The Morgan fingerprint density at radius 2 is 1.95 bits per heavy atom.